The van der Waals surface area contributed by atoms with Crippen molar-refractivity contribution >= 4 is 11.9 Å². The van der Waals surface area contributed by atoms with Gasteiger partial charge in [0.25, 0.3) is 0 Å². The van der Waals surface area contributed by atoms with Crippen molar-refractivity contribution in [3.63, 3.8) is 0 Å². The van der Waals surface area contributed by atoms with Crippen molar-refractivity contribution in [2.24, 2.45) is 4.99 Å². The summed E-state index contributed by atoms with van der Waals surface area (Å²) in [4.78, 5) is 17.6. The van der Waals surface area contributed by atoms with Crippen molar-refractivity contribution < 1.29 is 14.3 Å². The lowest BCUT2D eigenvalue weighted by Gasteiger charge is -2.22. The zero-order valence-electron chi connectivity index (χ0n) is 13.8. The highest BCUT2D eigenvalue weighted by Crippen LogP contribution is 2.12. The minimum atomic E-state index is -0.252. The molecule has 0 aliphatic rings. The molecule has 0 atom stereocenters. The van der Waals surface area contributed by atoms with Gasteiger partial charge in [-0.2, -0.15) is 0 Å². The number of rotatable bonds is 7. The van der Waals surface area contributed by atoms with Crippen molar-refractivity contribution in [1.82, 2.24) is 10.2 Å². The van der Waals surface area contributed by atoms with E-state index in [1.165, 1.54) is 7.11 Å². The Balaban J connectivity index is 2.64. The van der Waals surface area contributed by atoms with Crippen molar-refractivity contribution in [2.45, 2.75) is 19.9 Å². The maximum atomic E-state index is 11.1. The van der Waals surface area contributed by atoms with Gasteiger partial charge in [0.1, 0.15) is 5.75 Å². The van der Waals surface area contributed by atoms with Gasteiger partial charge in [-0.05, 0) is 24.6 Å². The van der Waals surface area contributed by atoms with Crippen molar-refractivity contribution in [3.8, 4) is 5.75 Å². The first-order chi connectivity index (χ1) is 10.6. The van der Waals surface area contributed by atoms with Gasteiger partial charge in [0.15, 0.2) is 5.96 Å². The van der Waals surface area contributed by atoms with E-state index in [4.69, 9.17) is 4.74 Å². The quantitative estimate of drug-likeness (QED) is 0.471. The van der Waals surface area contributed by atoms with E-state index < -0.39 is 0 Å². The molecular formula is C16H25N3O3. The number of esters is 1. The van der Waals surface area contributed by atoms with Gasteiger partial charge in [0.2, 0.25) is 0 Å². The van der Waals surface area contributed by atoms with Gasteiger partial charge in [0, 0.05) is 20.1 Å². The van der Waals surface area contributed by atoms with Crippen LogP contribution < -0.4 is 10.1 Å². The summed E-state index contributed by atoms with van der Waals surface area (Å²) in [5.41, 5.74) is 1.15. The molecule has 0 saturated carbocycles. The maximum Gasteiger partial charge on any atom is 0.307 e. The van der Waals surface area contributed by atoms with Crippen molar-refractivity contribution in [2.75, 3.05) is 34.4 Å². The van der Waals surface area contributed by atoms with E-state index in [2.05, 4.69) is 15.0 Å². The monoisotopic (exact) mass is 307 g/mol. The summed E-state index contributed by atoms with van der Waals surface area (Å²) in [5.74, 6) is 1.35. The second-order valence-corrected chi connectivity index (χ2v) is 4.77. The molecule has 0 aliphatic carbocycles. The lowest BCUT2D eigenvalue weighted by Crippen LogP contribution is -2.38. The number of ether oxygens (including phenoxy) is 2. The Morgan fingerprint density at radius 1 is 1.27 bits per heavy atom. The van der Waals surface area contributed by atoms with E-state index in [0.29, 0.717) is 13.1 Å². The highest BCUT2D eigenvalue weighted by Gasteiger charge is 2.07. The number of hydrogen-bond acceptors (Lipinski definition) is 4. The number of nitrogens with one attached hydrogen (secondary N) is 1. The standard InChI is InChI=1S/C16H25N3O3/c1-5-17-16(18-11-10-15(20)22-4)19(2)12-13-6-8-14(21-3)9-7-13/h6-9H,5,10-12H2,1-4H3,(H,17,18). The molecule has 0 heterocycles. The number of carbonyl (C=O) groups excluding carboxylic acids is 1. The molecule has 0 aliphatic heterocycles. The first-order valence-electron chi connectivity index (χ1n) is 7.29. The number of guanidine groups is 1. The number of nitrogens with zero attached hydrogens (tertiary/aromatic N) is 2. The van der Waals surface area contributed by atoms with Crippen LogP contribution in [0.3, 0.4) is 0 Å². The average Bonchev–Trinajstić information content (AvgIpc) is 2.54. The van der Waals surface area contributed by atoms with Crippen LogP contribution in [-0.2, 0) is 16.1 Å². The minimum absolute atomic E-state index is 0.252. The van der Waals surface area contributed by atoms with Crippen LogP contribution in [0.1, 0.15) is 18.9 Å². The Bertz CT molecular complexity index is 486. The van der Waals surface area contributed by atoms with Gasteiger partial charge in [-0.25, -0.2) is 0 Å². The number of benzene rings is 1. The molecule has 1 rings (SSSR count). The predicted molar refractivity (Wildman–Crippen MR) is 87.1 cm³/mol. The number of aliphatic imine (C=N–C) groups is 1. The van der Waals surface area contributed by atoms with Gasteiger partial charge < -0.3 is 19.7 Å². The lowest BCUT2D eigenvalue weighted by molar-refractivity contribution is -0.140. The molecule has 22 heavy (non-hydrogen) atoms. The molecule has 1 aromatic carbocycles. The van der Waals surface area contributed by atoms with Crippen LogP contribution in [0.25, 0.3) is 0 Å². The second-order valence-electron chi connectivity index (χ2n) is 4.77. The highest BCUT2D eigenvalue weighted by atomic mass is 16.5. The first-order valence-corrected chi connectivity index (χ1v) is 7.29. The first kappa shape index (κ1) is 17.8. The van der Waals surface area contributed by atoms with E-state index in [1.54, 1.807) is 7.11 Å². The van der Waals surface area contributed by atoms with Crippen LogP contribution in [0, 0.1) is 0 Å². The molecule has 0 aromatic heterocycles. The predicted octanol–water partition coefficient (Wildman–Crippen LogP) is 1.66. The van der Waals surface area contributed by atoms with Gasteiger partial charge >= 0.3 is 5.97 Å². The minimum Gasteiger partial charge on any atom is -0.497 e. The van der Waals surface area contributed by atoms with Crippen LogP contribution in [0.4, 0.5) is 0 Å². The molecule has 0 radical (unpaired) electrons. The van der Waals surface area contributed by atoms with Gasteiger partial charge in [0.05, 0.1) is 27.2 Å². The maximum absolute atomic E-state index is 11.1. The Morgan fingerprint density at radius 2 is 1.95 bits per heavy atom. The fraction of sp³-hybridized carbons (Fsp3) is 0.500. The largest absolute Gasteiger partial charge is 0.497 e. The molecule has 6 nitrogen and oxygen atoms in total. The molecule has 0 spiro atoms. The molecule has 1 N–H and O–H groups in total. The van der Waals surface area contributed by atoms with Crippen LogP contribution in [0.5, 0.6) is 5.75 Å². The van der Waals surface area contributed by atoms with Gasteiger partial charge in [-0.3, -0.25) is 9.79 Å². The highest BCUT2D eigenvalue weighted by molar-refractivity contribution is 5.80. The zero-order chi connectivity index (χ0) is 16.4. The summed E-state index contributed by atoms with van der Waals surface area (Å²) >= 11 is 0. The van der Waals surface area contributed by atoms with Gasteiger partial charge in [-0.15, -0.1) is 0 Å². The number of methoxy groups -OCH3 is 2. The Morgan fingerprint density at radius 3 is 2.50 bits per heavy atom. The van der Waals surface area contributed by atoms with Crippen LogP contribution >= 0.6 is 0 Å². The molecule has 0 fully saturated rings. The zero-order valence-corrected chi connectivity index (χ0v) is 13.8. The third kappa shape index (κ3) is 6.03. The van der Waals surface area contributed by atoms with E-state index in [-0.39, 0.29) is 12.4 Å². The Kier molecular flexibility index (Phi) is 7.81. The molecule has 0 amide bonds. The lowest BCUT2D eigenvalue weighted by atomic mass is 10.2. The third-order valence-electron chi connectivity index (χ3n) is 3.08. The van der Waals surface area contributed by atoms with Gasteiger partial charge in [-0.1, -0.05) is 12.1 Å². The smallest absolute Gasteiger partial charge is 0.307 e. The van der Waals surface area contributed by atoms with E-state index in [1.807, 2.05) is 43.1 Å². The van der Waals surface area contributed by atoms with Crippen LogP contribution in [0.2, 0.25) is 0 Å². The summed E-state index contributed by atoms with van der Waals surface area (Å²) < 4.78 is 9.77. The Hall–Kier alpha value is -2.24. The topological polar surface area (TPSA) is 63.2 Å². The number of carbonyl (C=O) groups is 1. The fourth-order valence-corrected chi connectivity index (χ4v) is 1.90. The van der Waals surface area contributed by atoms with Crippen molar-refractivity contribution in [3.05, 3.63) is 29.8 Å². The van der Waals surface area contributed by atoms with Crippen LogP contribution in [0.15, 0.2) is 29.3 Å². The summed E-state index contributed by atoms with van der Waals surface area (Å²) in [7, 11) is 5.00. The average molecular weight is 307 g/mol. The SMILES string of the molecule is CCNC(=NCCC(=O)OC)N(C)Cc1ccc(OC)cc1. The fourth-order valence-electron chi connectivity index (χ4n) is 1.90. The number of hydrogen-bond donors (Lipinski definition) is 1. The third-order valence-corrected chi connectivity index (χ3v) is 3.08. The van der Waals surface area contributed by atoms with E-state index >= 15 is 0 Å². The molecule has 0 bridgehead atoms. The summed E-state index contributed by atoms with van der Waals surface area (Å²) in [6.45, 7) is 3.90. The normalized spacial score (nSPS) is 11.0. The Labute approximate surface area is 132 Å². The molecule has 0 saturated heterocycles. The molecule has 0 unspecified atom stereocenters. The molecule has 122 valence electrons. The van der Waals surface area contributed by atoms with Crippen LogP contribution in [-0.4, -0.2) is 51.2 Å². The summed E-state index contributed by atoms with van der Waals surface area (Å²) in [6, 6.07) is 7.91. The summed E-state index contributed by atoms with van der Waals surface area (Å²) in [6.07, 6.45) is 0.280. The van der Waals surface area contributed by atoms with E-state index in [0.717, 1.165) is 23.8 Å². The molecular weight excluding hydrogens is 282 g/mol. The molecule has 1 aromatic rings. The summed E-state index contributed by atoms with van der Waals surface area (Å²) in [5, 5.41) is 3.22. The van der Waals surface area contributed by atoms with E-state index in [9.17, 15) is 4.79 Å². The second kappa shape index (κ2) is 9.65. The molecule has 6 heteroatoms. The van der Waals surface area contributed by atoms with Crippen molar-refractivity contribution in [1.29, 1.82) is 0 Å².